The molecule has 1 heterocycles. The molecule has 0 aliphatic carbocycles. The summed E-state index contributed by atoms with van der Waals surface area (Å²) in [4.78, 5) is 37.5. The number of aromatic carboxylic acids is 1. The van der Waals surface area contributed by atoms with E-state index in [1.165, 1.54) is 24.1 Å². The first-order chi connectivity index (χ1) is 13.4. The molecule has 0 saturated heterocycles. The molecular formula is C20H20N2O6. The Kier molecular flexibility index (Phi) is 5.49. The Hall–Kier alpha value is -3.55. The van der Waals surface area contributed by atoms with Crippen molar-refractivity contribution >= 4 is 23.5 Å². The predicted molar refractivity (Wildman–Crippen MR) is 101 cm³/mol. The summed E-state index contributed by atoms with van der Waals surface area (Å²) in [7, 11) is 1.39. The van der Waals surface area contributed by atoms with Crippen LogP contribution in [0.15, 0.2) is 42.5 Å². The van der Waals surface area contributed by atoms with Crippen molar-refractivity contribution in [3.05, 3.63) is 53.6 Å². The van der Waals surface area contributed by atoms with Crippen LogP contribution in [0.4, 0.5) is 5.69 Å². The number of carboxylic acid groups (broad SMARTS) is 1. The van der Waals surface area contributed by atoms with Gasteiger partial charge in [-0.3, -0.25) is 14.5 Å². The first kappa shape index (κ1) is 19.2. The van der Waals surface area contributed by atoms with Gasteiger partial charge in [-0.15, -0.1) is 0 Å². The number of nitrogens with one attached hydrogen (secondary N) is 1. The number of rotatable bonds is 6. The molecule has 2 N–H and O–H groups in total. The molecule has 8 nitrogen and oxygen atoms in total. The molecule has 2 aromatic rings. The lowest BCUT2D eigenvalue weighted by molar-refractivity contribution is -0.128. The molecule has 1 aliphatic rings. The number of methoxy groups -OCH3 is 1. The minimum Gasteiger partial charge on any atom is -0.496 e. The van der Waals surface area contributed by atoms with Gasteiger partial charge in [0.1, 0.15) is 23.6 Å². The highest BCUT2D eigenvalue weighted by molar-refractivity contribution is 6.03. The first-order valence-electron chi connectivity index (χ1n) is 8.64. The second-order valence-corrected chi connectivity index (χ2v) is 6.27. The molecule has 0 saturated carbocycles. The van der Waals surface area contributed by atoms with E-state index in [-0.39, 0.29) is 36.2 Å². The largest absolute Gasteiger partial charge is 0.496 e. The van der Waals surface area contributed by atoms with Crippen LogP contribution in [0.5, 0.6) is 11.5 Å². The summed E-state index contributed by atoms with van der Waals surface area (Å²) in [6, 6.07) is 11.7. The van der Waals surface area contributed by atoms with Gasteiger partial charge in [0.05, 0.1) is 12.8 Å². The number of anilines is 1. The molecule has 0 fully saturated rings. The minimum absolute atomic E-state index is 0.0142. The Balaban J connectivity index is 1.69. The third-order valence-corrected chi connectivity index (χ3v) is 4.36. The first-order valence-corrected chi connectivity index (χ1v) is 8.64. The highest BCUT2D eigenvalue weighted by Crippen LogP contribution is 2.33. The van der Waals surface area contributed by atoms with Crippen LogP contribution >= 0.6 is 0 Å². The lowest BCUT2D eigenvalue weighted by Crippen LogP contribution is -2.48. The fourth-order valence-corrected chi connectivity index (χ4v) is 2.95. The van der Waals surface area contributed by atoms with E-state index >= 15 is 0 Å². The normalized spacial score (nSPS) is 15.4. The number of hydrogen-bond acceptors (Lipinski definition) is 5. The topological polar surface area (TPSA) is 105 Å². The third-order valence-electron chi connectivity index (χ3n) is 4.36. The van der Waals surface area contributed by atoms with Crippen LogP contribution in [0, 0.1) is 0 Å². The summed E-state index contributed by atoms with van der Waals surface area (Å²) in [6.07, 6.45) is -0.678. The molecule has 8 heteroatoms. The van der Waals surface area contributed by atoms with Gasteiger partial charge in [0.2, 0.25) is 5.91 Å². The van der Waals surface area contributed by atoms with E-state index < -0.39 is 12.1 Å². The molecule has 0 aromatic heterocycles. The smallest absolute Gasteiger partial charge is 0.339 e. The maximum absolute atomic E-state index is 12.4. The number of ether oxygens (including phenoxy) is 2. The SMILES string of the molecule is COc1ccc(CNC(=O)CN2C(=O)[C@H](C)Oc3ccccc32)cc1C(=O)O. The fourth-order valence-electron chi connectivity index (χ4n) is 2.95. The number of nitrogens with zero attached hydrogens (tertiary/aromatic N) is 1. The summed E-state index contributed by atoms with van der Waals surface area (Å²) in [5, 5.41) is 11.9. The van der Waals surface area contributed by atoms with E-state index in [1.807, 2.05) is 0 Å². The third kappa shape index (κ3) is 3.90. The van der Waals surface area contributed by atoms with Crippen LogP contribution in [0.25, 0.3) is 0 Å². The van der Waals surface area contributed by atoms with Gasteiger partial charge in [-0.05, 0) is 36.8 Å². The number of para-hydroxylation sites is 2. The Morgan fingerprint density at radius 3 is 2.71 bits per heavy atom. The molecule has 0 unspecified atom stereocenters. The number of carboxylic acids is 1. The van der Waals surface area contributed by atoms with Gasteiger partial charge in [-0.25, -0.2) is 4.79 Å². The number of fused-ring (bicyclic) bond motifs is 1. The van der Waals surface area contributed by atoms with Crippen molar-refractivity contribution in [2.24, 2.45) is 0 Å². The zero-order valence-electron chi connectivity index (χ0n) is 15.5. The summed E-state index contributed by atoms with van der Waals surface area (Å²) in [6.45, 7) is 1.60. The van der Waals surface area contributed by atoms with E-state index in [0.717, 1.165) is 0 Å². The van der Waals surface area contributed by atoms with Crippen molar-refractivity contribution in [2.45, 2.75) is 19.6 Å². The van der Waals surface area contributed by atoms with Crippen LogP contribution in [0.3, 0.4) is 0 Å². The van der Waals surface area contributed by atoms with Gasteiger partial charge in [0, 0.05) is 6.54 Å². The van der Waals surface area contributed by atoms with Crippen LogP contribution in [0.1, 0.15) is 22.8 Å². The summed E-state index contributed by atoms with van der Waals surface area (Å²) in [5.41, 5.74) is 1.16. The lowest BCUT2D eigenvalue weighted by Gasteiger charge is -2.32. The fraction of sp³-hybridized carbons (Fsp3) is 0.250. The van der Waals surface area contributed by atoms with Gasteiger partial charge in [-0.1, -0.05) is 18.2 Å². The van der Waals surface area contributed by atoms with Crippen molar-refractivity contribution in [1.82, 2.24) is 5.32 Å². The van der Waals surface area contributed by atoms with Crippen molar-refractivity contribution in [3.63, 3.8) is 0 Å². The van der Waals surface area contributed by atoms with Crippen LogP contribution in [-0.2, 0) is 16.1 Å². The standard InChI is InChI=1S/C20H20N2O6/c1-12-19(24)22(15-5-3-4-6-17(15)28-12)11-18(23)21-10-13-7-8-16(27-2)14(9-13)20(25)26/h3-9,12H,10-11H2,1-2H3,(H,21,23)(H,25,26)/t12-/m0/s1. The van der Waals surface area contributed by atoms with Crippen LogP contribution < -0.4 is 19.7 Å². The van der Waals surface area contributed by atoms with Crippen LogP contribution in [0.2, 0.25) is 0 Å². The van der Waals surface area contributed by atoms with E-state index in [1.54, 1.807) is 37.3 Å². The predicted octanol–water partition coefficient (Wildman–Crippen LogP) is 1.82. The Labute approximate surface area is 161 Å². The maximum atomic E-state index is 12.4. The number of carbonyl (C=O) groups is 3. The molecule has 0 radical (unpaired) electrons. The van der Waals surface area contributed by atoms with Crippen molar-refractivity contribution < 1.29 is 29.0 Å². The zero-order chi connectivity index (χ0) is 20.3. The highest BCUT2D eigenvalue weighted by atomic mass is 16.5. The van der Waals surface area contributed by atoms with Gasteiger partial charge in [0.15, 0.2) is 6.10 Å². The number of hydrogen-bond donors (Lipinski definition) is 2. The van der Waals surface area contributed by atoms with Gasteiger partial charge >= 0.3 is 5.97 Å². The maximum Gasteiger partial charge on any atom is 0.339 e. The number of carbonyl (C=O) groups excluding carboxylic acids is 2. The molecule has 2 amide bonds. The van der Waals surface area contributed by atoms with E-state index in [9.17, 15) is 19.5 Å². The molecule has 3 rings (SSSR count). The highest BCUT2D eigenvalue weighted by Gasteiger charge is 2.32. The van der Waals surface area contributed by atoms with Gasteiger partial charge in [-0.2, -0.15) is 0 Å². The molecule has 28 heavy (non-hydrogen) atoms. The van der Waals surface area contributed by atoms with Crippen molar-refractivity contribution in [2.75, 3.05) is 18.6 Å². The quantitative estimate of drug-likeness (QED) is 0.787. The molecule has 0 bridgehead atoms. The van der Waals surface area contributed by atoms with Gasteiger partial charge < -0.3 is 19.9 Å². The molecule has 0 spiro atoms. The zero-order valence-corrected chi connectivity index (χ0v) is 15.5. The summed E-state index contributed by atoms with van der Waals surface area (Å²) >= 11 is 0. The van der Waals surface area contributed by atoms with Gasteiger partial charge in [0.25, 0.3) is 5.91 Å². The average Bonchev–Trinajstić information content (AvgIpc) is 2.69. The van der Waals surface area contributed by atoms with E-state index in [0.29, 0.717) is 17.0 Å². The van der Waals surface area contributed by atoms with E-state index in [2.05, 4.69) is 5.32 Å². The Morgan fingerprint density at radius 1 is 1.25 bits per heavy atom. The van der Waals surface area contributed by atoms with Crippen LogP contribution in [-0.4, -0.2) is 42.6 Å². The summed E-state index contributed by atoms with van der Waals surface area (Å²) in [5.74, 6) is -0.998. The molecule has 2 aromatic carbocycles. The molecular weight excluding hydrogens is 364 g/mol. The summed E-state index contributed by atoms with van der Waals surface area (Å²) < 4.78 is 10.6. The minimum atomic E-state index is -1.12. The Morgan fingerprint density at radius 2 is 2.00 bits per heavy atom. The average molecular weight is 384 g/mol. The molecule has 1 atom stereocenters. The van der Waals surface area contributed by atoms with Crippen molar-refractivity contribution in [1.29, 1.82) is 0 Å². The Bertz CT molecular complexity index is 927. The number of amides is 2. The lowest BCUT2D eigenvalue weighted by atomic mass is 10.1. The molecule has 146 valence electrons. The van der Waals surface area contributed by atoms with E-state index in [4.69, 9.17) is 9.47 Å². The second-order valence-electron chi connectivity index (χ2n) is 6.27. The monoisotopic (exact) mass is 384 g/mol. The molecule has 1 aliphatic heterocycles. The van der Waals surface area contributed by atoms with Crippen molar-refractivity contribution in [3.8, 4) is 11.5 Å². The number of benzene rings is 2. The second kappa shape index (κ2) is 7.99.